The number of aliphatic hydroxyl groups is 1. The van der Waals surface area contributed by atoms with E-state index in [1.807, 2.05) is 0 Å². The zero-order valence-electron chi connectivity index (χ0n) is 8.43. The summed E-state index contributed by atoms with van der Waals surface area (Å²) >= 11 is 0. The predicted octanol–water partition coefficient (Wildman–Crippen LogP) is -0.563. The Balaban J connectivity index is 3.91. The van der Waals surface area contributed by atoms with Crippen LogP contribution >= 0.6 is 0 Å². The lowest BCUT2D eigenvalue weighted by molar-refractivity contribution is -0.137. The van der Waals surface area contributed by atoms with Gasteiger partial charge in [0.2, 0.25) is 0 Å². The first-order chi connectivity index (χ1) is 6.49. The summed E-state index contributed by atoms with van der Waals surface area (Å²) in [6.45, 7) is 0.315. The van der Waals surface area contributed by atoms with Crippen molar-refractivity contribution in [3.05, 3.63) is 0 Å². The van der Waals surface area contributed by atoms with Crippen molar-refractivity contribution in [1.29, 1.82) is 0 Å². The standard InChI is InChI=1S/C8H16N2O4/c1-9(4-3-7(12)13)8(14)10(2)5-6-11/h11H,3-6H2,1-2H3,(H,12,13). The first kappa shape index (κ1) is 12.7. The van der Waals surface area contributed by atoms with E-state index in [9.17, 15) is 9.59 Å². The van der Waals surface area contributed by atoms with Crippen molar-refractivity contribution in [1.82, 2.24) is 9.80 Å². The van der Waals surface area contributed by atoms with E-state index in [1.165, 1.54) is 16.8 Å². The Morgan fingerprint density at radius 1 is 1.14 bits per heavy atom. The molecule has 0 bridgehead atoms. The molecule has 6 nitrogen and oxygen atoms in total. The lowest BCUT2D eigenvalue weighted by Gasteiger charge is -2.23. The van der Waals surface area contributed by atoms with Gasteiger partial charge in [-0.3, -0.25) is 4.79 Å². The molecule has 0 aromatic heterocycles. The van der Waals surface area contributed by atoms with E-state index in [0.717, 1.165) is 0 Å². The quantitative estimate of drug-likeness (QED) is 0.628. The molecule has 0 radical (unpaired) electrons. The van der Waals surface area contributed by atoms with Gasteiger partial charge in [-0.2, -0.15) is 0 Å². The SMILES string of the molecule is CN(CCO)C(=O)N(C)CCC(=O)O. The summed E-state index contributed by atoms with van der Waals surface area (Å²) in [7, 11) is 3.08. The molecule has 6 heteroatoms. The number of urea groups is 1. The van der Waals surface area contributed by atoms with Crippen LogP contribution in [0.2, 0.25) is 0 Å². The molecule has 14 heavy (non-hydrogen) atoms. The fraction of sp³-hybridized carbons (Fsp3) is 0.750. The van der Waals surface area contributed by atoms with Crippen LogP contribution in [0.15, 0.2) is 0 Å². The lowest BCUT2D eigenvalue weighted by Crippen LogP contribution is -2.40. The number of nitrogens with zero attached hydrogens (tertiary/aromatic N) is 2. The Morgan fingerprint density at radius 2 is 1.64 bits per heavy atom. The molecule has 0 saturated carbocycles. The fourth-order valence-electron chi connectivity index (χ4n) is 0.896. The highest BCUT2D eigenvalue weighted by Gasteiger charge is 2.13. The smallest absolute Gasteiger partial charge is 0.319 e. The molecule has 0 rings (SSSR count). The summed E-state index contributed by atoms with van der Waals surface area (Å²) in [5, 5.41) is 17.0. The molecule has 2 amide bonds. The van der Waals surface area contributed by atoms with Gasteiger partial charge in [-0.25, -0.2) is 4.79 Å². The third kappa shape index (κ3) is 4.66. The molecule has 0 aliphatic rings. The second-order valence-corrected chi connectivity index (χ2v) is 2.99. The van der Waals surface area contributed by atoms with Gasteiger partial charge >= 0.3 is 12.0 Å². The van der Waals surface area contributed by atoms with Crippen LogP contribution in [0.5, 0.6) is 0 Å². The molecule has 0 atom stereocenters. The summed E-state index contributed by atoms with van der Waals surface area (Å²) in [5.41, 5.74) is 0. The Bertz CT molecular complexity index is 208. The molecule has 0 aromatic carbocycles. The van der Waals surface area contributed by atoms with Crippen molar-refractivity contribution in [2.75, 3.05) is 33.8 Å². The number of carboxylic acid groups (broad SMARTS) is 1. The number of likely N-dealkylation sites (N-methyl/N-ethyl adjacent to an activating group) is 1. The summed E-state index contributed by atoms with van der Waals surface area (Å²) < 4.78 is 0. The van der Waals surface area contributed by atoms with E-state index in [1.54, 1.807) is 7.05 Å². The second kappa shape index (κ2) is 6.20. The topological polar surface area (TPSA) is 81.1 Å². The fourth-order valence-corrected chi connectivity index (χ4v) is 0.896. The van der Waals surface area contributed by atoms with Gasteiger partial charge in [0.1, 0.15) is 0 Å². The van der Waals surface area contributed by atoms with E-state index >= 15 is 0 Å². The molecule has 0 fully saturated rings. The van der Waals surface area contributed by atoms with Crippen LogP contribution in [-0.4, -0.2) is 65.8 Å². The van der Waals surface area contributed by atoms with Crippen LogP contribution in [0.4, 0.5) is 4.79 Å². The van der Waals surface area contributed by atoms with Gasteiger partial charge < -0.3 is 20.0 Å². The van der Waals surface area contributed by atoms with Crippen LogP contribution in [0.3, 0.4) is 0 Å². The zero-order chi connectivity index (χ0) is 11.1. The number of rotatable bonds is 5. The molecular weight excluding hydrogens is 188 g/mol. The largest absolute Gasteiger partial charge is 0.481 e. The average Bonchev–Trinajstić information content (AvgIpc) is 2.13. The minimum Gasteiger partial charge on any atom is -0.481 e. The second-order valence-electron chi connectivity index (χ2n) is 2.99. The summed E-state index contributed by atoms with van der Waals surface area (Å²) in [4.78, 5) is 24.3. The first-order valence-electron chi connectivity index (χ1n) is 4.28. The lowest BCUT2D eigenvalue weighted by atomic mass is 10.4. The van der Waals surface area contributed by atoms with Crippen molar-refractivity contribution in [2.45, 2.75) is 6.42 Å². The number of hydrogen-bond donors (Lipinski definition) is 2. The third-order valence-electron chi connectivity index (χ3n) is 1.75. The normalized spacial score (nSPS) is 9.64. The number of hydrogen-bond acceptors (Lipinski definition) is 3. The number of carbonyl (C=O) groups is 2. The molecule has 0 aromatic rings. The van der Waals surface area contributed by atoms with E-state index < -0.39 is 5.97 Å². The number of aliphatic carboxylic acids is 1. The van der Waals surface area contributed by atoms with Crippen LogP contribution in [0, 0.1) is 0 Å². The van der Waals surface area contributed by atoms with Crippen molar-refractivity contribution in [2.24, 2.45) is 0 Å². The van der Waals surface area contributed by atoms with Crippen LogP contribution in [0.25, 0.3) is 0 Å². The highest BCUT2D eigenvalue weighted by Crippen LogP contribution is 1.95. The Labute approximate surface area is 82.7 Å². The molecular formula is C8H16N2O4. The molecule has 0 unspecified atom stereocenters. The Hall–Kier alpha value is -1.30. The number of aliphatic hydroxyl groups excluding tert-OH is 1. The monoisotopic (exact) mass is 204 g/mol. The molecule has 82 valence electrons. The predicted molar refractivity (Wildman–Crippen MR) is 50.0 cm³/mol. The summed E-state index contributed by atoms with van der Waals surface area (Å²) in [5.74, 6) is -0.936. The summed E-state index contributed by atoms with van der Waals surface area (Å²) in [6, 6.07) is -0.291. The maximum absolute atomic E-state index is 11.4. The number of carboxylic acids is 1. The van der Waals surface area contributed by atoms with Gasteiger partial charge in [0.05, 0.1) is 13.0 Å². The number of amides is 2. The molecule has 0 saturated heterocycles. The van der Waals surface area contributed by atoms with Crippen molar-refractivity contribution >= 4 is 12.0 Å². The molecule has 0 heterocycles. The Kier molecular flexibility index (Phi) is 5.62. The van der Waals surface area contributed by atoms with Crippen LogP contribution < -0.4 is 0 Å². The highest BCUT2D eigenvalue weighted by atomic mass is 16.4. The average molecular weight is 204 g/mol. The highest BCUT2D eigenvalue weighted by molar-refractivity contribution is 5.74. The maximum Gasteiger partial charge on any atom is 0.319 e. The van der Waals surface area contributed by atoms with E-state index in [2.05, 4.69) is 0 Å². The minimum absolute atomic E-state index is 0.0742. The van der Waals surface area contributed by atoms with Crippen LogP contribution in [-0.2, 0) is 4.79 Å². The van der Waals surface area contributed by atoms with Gasteiger partial charge in [0, 0.05) is 27.2 Å². The van der Waals surface area contributed by atoms with Gasteiger partial charge in [-0.1, -0.05) is 0 Å². The summed E-state index contributed by atoms with van der Waals surface area (Å²) in [6.07, 6.45) is -0.0742. The molecule has 2 N–H and O–H groups in total. The van der Waals surface area contributed by atoms with Crippen molar-refractivity contribution in [3.63, 3.8) is 0 Å². The van der Waals surface area contributed by atoms with Crippen LogP contribution in [0.1, 0.15) is 6.42 Å². The minimum atomic E-state index is -0.936. The van der Waals surface area contributed by atoms with E-state index in [-0.39, 0.29) is 32.1 Å². The van der Waals surface area contributed by atoms with Crippen molar-refractivity contribution < 1.29 is 19.8 Å². The maximum atomic E-state index is 11.4. The zero-order valence-corrected chi connectivity index (χ0v) is 8.43. The van der Waals surface area contributed by atoms with Gasteiger partial charge in [-0.05, 0) is 0 Å². The van der Waals surface area contributed by atoms with Gasteiger partial charge in [0.15, 0.2) is 0 Å². The molecule has 0 aliphatic carbocycles. The van der Waals surface area contributed by atoms with E-state index in [0.29, 0.717) is 0 Å². The third-order valence-corrected chi connectivity index (χ3v) is 1.75. The molecule has 0 aliphatic heterocycles. The van der Waals surface area contributed by atoms with Gasteiger partial charge in [-0.15, -0.1) is 0 Å². The Morgan fingerprint density at radius 3 is 2.07 bits per heavy atom. The van der Waals surface area contributed by atoms with Gasteiger partial charge in [0.25, 0.3) is 0 Å². The van der Waals surface area contributed by atoms with Crippen molar-refractivity contribution in [3.8, 4) is 0 Å². The first-order valence-corrected chi connectivity index (χ1v) is 4.28. The van der Waals surface area contributed by atoms with E-state index in [4.69, 9.17) is 10.2 Å². The number of carbonyl (C=O) groups excluding carboxylic acids is 1. The molecule has 0 spiro atoms.